The lowest BCUT2D eigenvalue weighted by Crippen LogP contribution is -2.49. The van der Waals surface area contributed by atoms with Gasteiger partial charge in [-0.25, -0.2) is 0 Å². The Morgan fingerprint density at radius 1 is 1.30 bits per heavy atom. The highest BCUT2D eigenvalue weighted by molar-refractivity contribution is 5.85. The molecule has 0 rings (SSSR count). The molecule has 1 atom stereocenters. The van der Waals surface area contributed by atoms with Gasteiger partial charge in [-0.3, -0.25) is 0 Å². The Bertz CT molecular complexity index is 99.6. The molecule has 0 heterocycles. The first-order valence-electron chi connectivity index (χ1n) is 2.67. The monoisotopic (exact) mass is 177 g/mol. The molecule has 5 heteroatoms. The van der Waals surface area contributed by atoms with Crippen molar-refractivity contribution in [3.8, 4) is 0 Å². The minimum atomic E-state index is -4.28. The molecule has 0 aromatic rings. The quantitative estimate of drug-likeness (QED) is 0.652. The van der Waals surface area contributed by atoms with E-state index in [1.165, 1.54) is 6.92 Å². The van der Waals surface area contributed by atoms with Crippen LogP contribution >= 0.6 is 12.4 Å². The molecule has 0 radical (unpaired) electrons. The Hall–Kier alpha value is 0.0400. The summed E-state index contributed by atoms with van der Waals surface area (Å²) in [6, 6.07) is 0. The van der Waals surface area contributed by atoms with Crippen LogP contribution in [0.2, 0.25) is 0 Å². The molecule has 0 spiro atoms. The lowest BCUT2D eigenvalue weighted by Gasteiger charge is -2.25. The van der Waals surface area contributed by atoms with Crippen LogP contribution in [0.25, 0.3) is 0 Å². The summed E-state index contributed by atoms with van der Waals surface area (Å²) in [6.45, 7) is 2.39. The van der Waals surface area contributed by atoms with Crippen molar-refractivity contribution in [2.24, 2.45) is 5.73 Å². The largest absolute Gasteiger partial charge is 0.406 e. The Balaban J connectivity index is 0. The van der Waals surface area contributed by atoms with Crippen LogP contribution in [-0.2, 0) is 0 Å². The molecule has 0 amide bonds. The Morgan fingerprint density at radius 2 is 1.60 bits per heavy atom. The third-order valence-corrected chi connectivity index (χ3v) is 1.38. The second-order valence-corrected chi connectivity index (χ2v) is 2.27. The fourth-order valence-corrected chi connectivity index (χ4v) is 0.200. The van der Waals surface area contributed by atoms with Gasteiger partial charge in [-0.05, 0) is 13.3 Å². The van der Waals surface area contributed by atoms with Crippen LogP contribution in [0.3, 0.4) is 0 Å². The smallest absolute Gasteiger partial charge is 0.318 e. The number of nitrogens with two attached hydrogens (primary N) is 1. The molecular formula is C5H11ClF3N. The fourth-order valence-electron chi connectivity index (χ4n) is 0.200. The summed E-state index contributed by atoms with van der Waals surface area (Å²) in [6.07, 6.45) is -4.36. The first kappa shape index (κ1) is 12.7. The van der Waals surface area contributed by atoms with Gasteiger partial charge in [0.15, 0.2) is 0 Å². The van der Waals surface area contributed by atoms with Gasteiger partial charge >= 0.3 is 6.18 Å². The maximum Gasteiger partial charge on any atom is 0.406 e. The summed E-state index contributed by atoms with van der Waals surface area (Å²) in [4.78, 5) is 0. The van der Waals surface area contributed by atoms with Crippen LogP contribution in [0, 0.1) is 0 Å². The average molecular weight is 178 g/mol. The number of alkyl halides is 3. The second-order valence-electron chi connectivity index (χ2n) is 2.27. The lowest BCUT2D eigenvalue weighted by molar-refractivity contribution is -0.181. The minimum Gasteiger partial charge on any atom is -0.318 e. The highest BCUT2D eigenvalue weighted by Crippen LogP contribution is 2.29. The predicted molar refractivity (Wildman–Crippen MR) is 36.2 cm³/mol. The predicted octanol–water partition coefficient (Wildman–Crippen LogP) is 2.10. The lowest BCUT2D eigenvalue weighted by atomic mass is 10.0. The van der Waals surface area contributed by atoms with Crippen LogP contribution in [0.1, 0.15) is 20.3 Å². The standard InChI is InChI=1S/C5H10F3N.ClH/c1-3-4(2,9)5(6,7)8;/h3,9H2,1-2H3;1H. The van der Waals surface area contributed by atoms with Gasteiger partial charge in [-0.1, -0.05) is 6.92 Å². The van der Waals surface area contributed by atoms with E-state index in [9.17, 15) is 13.2 Å². The van der Waals surface area contributed by atoms with Crippen LogP contribution < -0.4 is 5.73 Å². The van der Waals surface area contributed by atoms with E-state index in [2.05, 4.69) is 0 Å². The van der Waals surface area contributed by atoms with E-state index >= 15 is 0 Å². The van der Waals surface area contributed by atoms with Crippen molar-refractivity contribution in [3.63, 3.8) is 0 Å². The third-order valence-electron chi connectivity index (χ3n) is 1.38. The number of rotatable bonds is 1. The van der Waals surface area contributed by atoms with Gasteiger partial charge in [-0.15, -0.1) is 12.4 Å². The summed E-state index contributed by atoms with van der Waals surface area (Å²) >= 11 is 0. The van der Waals surface area contributed by atoms with E-state index in [1.807, 2.05) is 0 Å². The molecule has 0 aromatic carbocycles. The van der Waals surface area contributed by atoms with Gasteiger partial charge < -0.3 is 5.73 Å². The van der Waals surface area contributed by atoms with Crippen molar-refractivity contribution >= 4 is 12.4 Å². The average Bonchev–Trinajstić information content (AvgIpc) is 1.64. The summed E-state index contributed by atoms with van der Waals surface area (Å²) in [5, 5.41) is 0. The molecule has 0 aromatic heterocycles. The van der Waals surface area contributed by atoms with Crippen molar-refractivity contribution < 1.29 is 13.2 Å². The Kier molecular flexibility index (Phi) is 4.36. The molecule has 0 saturated carbocycles. The minimum absolute atomic E-state index is 0. The molecule has 0 bridgehead atoms. The molecule has 2 N–H and O–H groups in total. The zero-order valence-corrected chi connectivity index (χ0v) is 6.64. The SMILES string of the molecule is CCC(C)(N)C(F)(F)F.Cl. The van der Waals surface area contributed by atoms with Crippen LogP contribution in [-0.4, -0.2) is 11.7 Å². The van der Waals surface area contributed by atoms with Gasteiger partial charge in [0.2, 0.25) is 0 Å². The molecule has 10 heavy (non-hydrogen) atoms. The zero-order valence-electron chi connectivity index (χ0n) is 5.83. The number of hydrogen-bond donors (Lipinski definition) is 1. The van der Waals surface area contributed by atoms with E-state index in [1.54, 1.807) is 0 Å². The van der Waals surface area contributed by atoms with Crippen molar-refractivity contribution in [2.75, 3.05) is 0 Å². The first-order chi connectivity index (χ1) is 3.81. The highest BCUT2D eigenvalue weighted by Gasteiger charge is 2.46. The van der Waals surface area contributed by atoms with E-state index in [-0.39, 0.29) is 18.8 Å². The zero-order chi connectivity index (χ0) is 7.71. The van der Waals surface area contributed by atoms with E-state index in [0.717, 1.165) is 6.92 Å². The van der Waals surface area contributed by atoms with Crippen molar-refractivity contribution in [3.05, 3.63) is 0 Å². The number of hydrogen-bond acceptors (Lipinski definition) is 1. The summed E-state index contributed by atoms with van der Waals surface area (Å²) in [7, 11) is 0. The highest BCUT2D eigenvalue weighted by atomic mass is 35.5. The van der Waals surface area contributed by atoms with Crippen molar-refractivity contribution in [1.29, 1.82) is 0 Å². The number of halogens is 4. The van der Waals surface area contributed by atoms with Crippen molar-refractivity contribution in [2.45, 2.75) is 32.0 Å². The van der Waals surface area contributed by atoms with E-state index in [4.69, 9.17) is 5.73 Å². The normalized spacial score (nSPS) is 17.4. The van der Waals surface area contributed by atoms with Gasteiger partial charge in [0, 0.05) is 0 Å². The topological polar surface area (TPSA) is 26.0 Å². The maximum absolute atomic E-state index is 11.7. The Labute approximate surface area is 64.2 Å². The molecule has 64 valence electrons. The Morgan fingerprint density at radius 3 is 1.60 bits per heavy atom. The summed E-state index contributed by atoms with van der Waals surface area (Å²) < 4.78 is 35.1. The molecule has 1 unspecified atom stereocenters. The molecule has 0 saturated heterocycles. The van der Waals surface area contributed by atoms with Crippen LogP contribution in [0.4, 0.5) is 13.2 Å². The maximum atomic E-state index is 11.7. The first-order valence-corrected chi connectivity index (χ1v) is 2.67. The summed E-state index contributed by atoms with van der Waals surface area (Å²) in [5.74, 6) is 0. The van der Waals surface area contributed by atoms with Gasteiger partial charge in [0.05, 0.1) is 0 Å². The molecule has 1 nitrogen and oxygen atoms in total. The van der Waals surface area contributed by atoms with E-state index in [0.29, 0.717) is 0 Å². The van der Waals surface area contributed by atoms with E-state index < -0.39 is 11.7 Å². The van der Waals surface area contributed by atoms with Gasteiger partial charge in [0.25, 0.3) is 0 Å². The third kappa shape index (κ3) is 2.75. The molecule has 0 fully saturated rings. The summed E-state index contributed by atoms with van der Waals surface area (Å²) in [5.41, 5.74) is 2.85. The second kappa shape index (κ2) is 3.44. The van der Waals surface area contributed by atoms with Crippen LogP contribution in [0.15, 0.2) is 0 Å². The fraction of sp³-hybridized carbons (Fsp3) is 1.00. The molecule has 0 aliphatic carbocycles. The van der Waals surface area contributed by atoms with Crippen LogP contribution in [0.5, 0.6) is 0 Å². The molecule has 0 aliphatic heterocycles. The molecule has 0 aliphatic rings. The van der Waals surface area contributed by atoms with Gasteiger partial charge in [-0.2, -0.15) is 13.2 Å². The van der Waals surface area contributed by atoms with Crippen molar-refractivity contribution in [1.82, 2.24) is 0 Å². The van der Waals surface area contributed by atoms with Gasteiger partial charge in [0.1, 0.15) is 5.54 Å². The molecular weight excluding hydrogens is 167 g/mol.